The van der Waals surface area contributed by atoms with E-state index >= 15 is 0 Å². The Bertz CT molecular complexity index is 922. The highest BCUT2D eigenvalue weighted by Gasteiger charge is 2.29. The number of benzene rings is 2. The van der Waals surface area contributed by atoms with Crippen molar-refractivity contribution < 1.29 is 13.2 Å². The number of amides is 1. The summed E-state index contributed by atoms with van der Waals surface area (Å²) in [7, 11) is -3.68. The highest BCUT2D eigenvalue weighted by Crippen LogP contribution is 2.25. The molecular formula is C19H21BrN2O3S. The van der Waals surface area contributed by atoms with Crippen molar-refractivity contribution in [3.8, 4) is 0 Å². The van der Waals surface area contributed by atoms with E-state index in [2.05, 4.69) is 21.2 Å². The third-order valence-corrected chi connectivity index (χ3v) is 6.95. The van der Waals surface area contributed by atoms with Gasteiger partial charge in [0.15, 0.2) is 0 Å². The smallest absolute Gasteiger partial charge is 0.257 e. The van der Waals surface area contributed by atoms with Gasteiger partial charge in [0.2, 0.25) is 10.0 Å². The maximum atomic E-state index is 13.0. The van der Waals surface area contributed by atoms with Crippen molar-refractivity contribution >= 4 is 37.5 Å². The van der Waals surface area contributed by atoms with Gasteiger partial charge in [0, 0.05) is 23.2 Å². The average molecular weight is 437 g/mol. The highest BCUT2D eigenvalue weighted by atomic mass is 79.9. The number of sulfonamides is 1. The van der Waals surface area contributed by atoms with Crippen LogP contribution in [0.3, 0.4) is 0 Å². The van der Waals surface area contributed by atoms with Gasteiger partial charge >= 0.3 is 0 Å². The van der Waals surface area contributed by atoms with E-state index in [4.69, 9.17) is 0 Å². The molecule has 1 saturated heterocycles. The minimum absolute atomic E-state index is 0.0640. The molecule has 0 unspecified atom stereocenters. The molecule has 0 bridgehead atoms. The molecule has 2 aromatic rings. The van der Waals surface area contributed by atoms with Crippen LogP contribution in [-0.4, -0.2) is 31.7 Å². The summed E-state index contributed by atoms with van der Waals surface area (Å²) < 4.78 is 28.4. The standard InChI is InChI=1S/C19H21BrN2O3S/c1-14-13-15(20)9-10-17(14)21-19(23)16-7-3-4-8-18(16)26(24,25)22-11-5-2-6-12-22/h3-4,7-10,13H,2,5-6,11-12H2,1H3,(H,21,23). The third kappa shape index (κ3) is 4.00. The lowest BCUT2D eigenvalue weighted by Crippen LogP contribution is -2.36. The second-order valence-corrected chi connectivity index (χ2v) is 9.20. The molecule has 3 rings (SSSR count). The molecule has 26 heavy (non-hydrogen) atoms. The van der Waals surface area contributed by atoms with Crippen LogP contribution in [0.4, 0.5) is 5.69 Å². The molecule has 1 fully saturated rings. The summed E-state index contributed by atoms with van der Waals surface area (Å²) in [6.45, 7) is 2.89. The number of hydrogen-bond acceptors (Lipinski definition) is 3. The number of carbonyl (C=O) groups excluding carboxylic acids is 1. The first-order valence-electron chi connectivity index (χ1n) is 8.56. The topological polar surface area (TPSA) is 66.5 Å². The van der Waals surface area contributed by atoms with Gasteiger partial charge in [-0.3, -0.25) is 4.79 Å². The molecule has 1 aliphatic heterocycles. The van der Waals surface area contributed by atoms with Gasteiger partial charge in [-0.05, 0) is 55.7 Å². The molecule has 138 valence electrons. The number of nitrogens with one attached hydrogen (secondary N) is 1. The Hall–Kier alpha value is -1.70. The van der Waals surface area contributed by atoms with Crippen LogP contribution in [0, 0.1) is 6.92 Å². The van der Waals surface area contributed by atoms with Crippen molar-refractivity contribution in [2.45, 2.75) is 31.1 Å². The van der Waals surface area contributed by atoms with Crippen LogP contribution >= 0.6 is 15.9 Å². The molecular weight excluding hydrogens is 416 g/mol. The number of anilines is 1. The van der Waals surface area contributed by atoms with Gasteiger partial charge in [-0.2, -0.15) is 4.31 Å². The maximum absolute atomic E-state index is 13.0. The van der Waals surface area contributed by atoms with E-state index in [-0.39, 0.29) is 10.5 Å². The second-order valence-electron chi connectivity index (χ2n) is 6.37. The number of carbonyl (C=O) groups is 1. The number of aryl methyl sites for hydroxylation is 1. The number of hydrogen-bond donors (Lipinski definition) is 1. The molecule has 5 nitrogen and oxygen atoms in total. The fourth-order valence-electron chi connectivity index (χ4n) is 3.08. The van der Waals surface area contributed by atoms with Crippen LogP contribution in [0.25, 0.3) is 0 Å². The Balaban J connectivity index is 1.92. The van der Waals surface area contributed by atoms with Gasteiger partial charge in [0.05, 0.1) is 10.5 Å². The van der Waals surface area contributed by atoms with Gasteiger partial charge in [-0.25, -0.2) is 8.42 Å². The van der Waals surface area contributed by atoms with Crippen LogP contribution in [0.5, 0.6) is 0 Å². The predicted molar refractivity (Wildman–Crippen MR) is 106 cm³/mol. The van der Waals surface area contributed by atoms with E-state index in [1.807, 2.05) is 19.1 Å². The van der Waals surface area contributed by atoms with Gasteiger partial charge in [-0.1, -0.05) is 34.5 Å². The number of nitrogens with zero attached hydrogens (tertiary/aromatic N) is 1. The molecule has 0 spiro atoms. The first kappa shape index (κ1) is 19.1. The largest absolute Gasteiger partial charge is 0.322 e. The first-order valence-corrected chi connectivity index (χ1v) is 10.8. The van der Waals surface area contributed by atoms with E-state index in [9.17, 15) is 13.2 Å². The van der Waals surface area contributed by atoms with Crippen molar-refractivity contribution in [1.82, 2.24) is 4.31 Å². The number of rotatable bonds is 4. The van der Waals surface area contributed by atoms with Gasteiger partial charge in [0.25, 0.3) is 5.91 Å². The quantitative estimate of drug-likeness (QED) is 0.781. The van der Waals surface area contributed by atoms with Crippen LogP contribution in [-0.2, 0) is 10.0 Å². The van der Waals surface area contributed by atoms with Gasteiger partial charge in [-0.15, -0.1) is 0 Å². The Labute approximate surface area is 162 Å². The Kier molecular flexibility index (Phi) is 5.79. The summed E-state index contributed by atoms with van der Waals surface area (Å²) in [5.74, 6) is -0.424. The summed E-state index contributed by atoms with van der Waals surface area (Å²) in [5, 5.41) is 2.83. The Morgan fingerprint density at radius 1 is 1.08 bits per heavy atom. The second kappa shape index (κ2) is 7.90. The summed E-state index contributed by atoms with van der Waals surface area (Å²) in [4.78, 5) is 12.9. The molecule has 1 aliphatic rings. The number of halogens is 1. The lowest BCUT2D eigenvalue weighted by atomic mass is 10.1. The summed E-state index contributed by atoms with van der Waals surface area (Å²) >= 11 is 3.39. The number of piperidine rings is 1. The fraction of sp³-hybridized carbons (Fsp3) is 0.316. The van der Waals surface area contributed by atoms with E-state index in [1.54, 1.807) is 24.3 Å². The molecule has 0 aromatic heterocycles. The van der Waals surface area contributed by atoms with E-state index < -0.39 is 15.9 Å². The van der Waals surface area contributed by atoms with Crippen LogP contribution in [0.15, 0.2) is 51.8 Å². The molecule has 0 atom stereocenters. The van der Waals surface area contributed by atoms with Crippen molar-refractivity contribution in [1.29, 1.82) is 0 Å². The van der Waals surface area contributed by atoms with Crippen molar-refractivity contribution in [2.75, 3.05) is 18.4 Å². The third-order valence-electron chi connectivity index (χ3n) is 4.50. The van der Waals surface area contributed by atoms with Crippen LogP contribution in [0.1, 0.15) is 35.2 Å². The molecule has 1 N–H and O–H groups in total. The fourth-order valence-corrected chi connectivity index (χ4v) is 5.26. The minimum Gasteiger partial charge on any atom is -0.322 e. The van der Waals surface area contributed by atoms with E-state index in [0.717, 1.165) is 29.3 Å². The average Bonchev–Trinajstić information content (AvgIpc) is 2.64. The van der Waals surface area contributed by atoms with Gasteiger partial charge in [0.1, 0.15) is 0 Å². The zero-order valence-corrected chi connectivity index (χ0v) is 16.9. The van der Waals surface area contributed by atoms with Crippen molar-refractivity contribution in [3.05, 3.63) is 58.1 Å². The molecule has 0 saturated carbocycles. The molecule has 7 heteroatoms. The zero-order chi connectivity index (χ0) is 18.7. The maximum Gasteiger partial charge on any atom is 0.257 e. The Morgan fingerprint density at radius 3 is 2.46 bits per heavy atom. The minimum atomic E-state index is -3.68. The predicted octanol–water partition coefficient (Wildman–Crippen LogP) is 4.18. The lowest BCUT2D eigenvalue weighted by Gasteiger charge is -2.26. The SMILES string of the molecule is Cc1cc(Br)ccc1NC(=O)c1ccccc1S(=O)(=O)N1CCCCC1. The highest BCUT2D eigenvalue weighted by molar-refractivity contribution is 9.10. The molecule has 0 radical (unpaired) electrons. The summed E-state index contributed by atoms with van der Waals surface area (Å²) in [6, 6.07) is 11.9. The lowest BCUT2D eigenvalue weighted by molar-refractivity contribution is 0.102. The van der Waals surface area contributed by atoms with Crippen LogP contribution in [0.2, 0.25) is 0 Å². The first-order chi connectivity index (χ1) is 12.4. The van der Waals surface area contributed by atoms with Crippen LogP contribution < -0.4 is 5.32 Å². The molecule has 2 aromatic carbocycles. The monoisotopic (exact) mass is 436 g/mol. The molecule has 0 aliphatic carbocycles. The Morgan fingerprint density at radius 2 is 1.77 bits per heavy atom. The van der Waals surface area contributed by atoms with E-state index in [0.29, 0.717) is 18.8 Å². The van der Waals surface area contributed by atoms with Crippen molar-refractivity contribution in [2.24, 2.45) is 0 Å². The van der Waals surface area contributed by atoms with Gasteiger partial charge < -0.3 is 5.32 Å². The summed E-state index contributed by atoms with van der Waals surface area (Å²) in [5.41, 5.74) is 1.72. The normalized spacial score (nSPS) is 15.6. The molecule has 1 heterocycles. The zero-order valence-electron chi connectivity index (χ0n) is 14.5. The van der Waals surface area contributed by atoms with E-state index in [1.165, 1.54) is 10.4 Å². The van der Waals surface area contributed by atoms with Crippen molar-refractivity contribution in [3.63, 3.8) is 0 Å². The molecule has 1 amide bonds. The summed E-state index contributed by atoms with van der Waals surface area (Å²) in [6.07, 6.45) is 2.74.